The van der Waals surface area contributed by atoms with Crippen LogP contribution in [0.3, 0.4) is 0 Å². The summed E-state index contributed by atoms with van der Waals surface area (Å²) in [6.07, 6.45) is 48.5. The van der Waals surface area contributed by atoms with Gasteiger partial charge in [-0.15, -0.1) is 0 Å². The molecule has 0 aliphatic rings. The maximum absolute atomic E-state index is 13.0. The molecule has 0 spiro atoms. The van der Waals surface area contributed by atoms with Crippen LogP contribution in [0.5, 0.6) is 0 Å². The van der Waals surface area contributed by atoms with E-state index in [1.807, 2.05) is 0 Å². The second-order valence-corrected chi connectivity index (χ2v) is 29.5. The van der Waals surface area contributed by atoms with E-state index in [1.54, 1.807) is 0 Å². The second-order valence-electron chi connectivity index (χ2n) is 26.6. The van der Waals surface area contributed by atoms with Crippen LogP contribution in [0.25, 0.3) is 0 Å². The number of esters is 4. The molecule has 5 atom stereocenters. The molecule has 0 saturated carbocycles. The zero-order valence-electron chi connectivity index (χ0n) is 58.4. The number of aliphatic hydroxyl groups is 1. The van der Waals surface area contributed by atoms with Gasteiger partial charge in [0.15, 0.2) is 12.2 Å². The van der Waals surface area contributed by atoms with Gasteiger partial charge in [-0.3, -0.25) is 37.3 Å². The van der Waals surface area contributed by atoms with Crippen LogP contribution >= 0.6 is 15.6 Å². The van der Waals surface area contributed by atoms with Gasteiger partial charge in [0.1, 0.15) is 19.3 Å². The Kier molecular flexibility index (Phi) is 61.8. The predicted octanol–water partition coefficient (Wildman–Crippen LogP) is 20.4. The van der Waals surface area contributed by atoms with Gasteiger partial charge in [0.25, 0.3) is 0 Å². The number of phosphoric acid groups is 2. The first-order valence-corrected chi connectivity index (χ1v) is 40.0. The molecule has 0 aliphatic heterocycles. The largest absolute Gasteiger partial charge is 0.472 e. The molecule has 0 heterocycles. The van der Waals surface area contributed by atoms with E-state index < -0.39 is 97.5 Å². The number of unbranched alkanes of at least 4 members (excludes halogenated alkanes) is 40. The van der Waals surface area contributed by atoms with Crippen molar-refractivity contribution < 1.29 is 80.2 Å². The van der Waals surface area contributed by atoms with Crippen molar-refractivity contribution in [3.63, 3.8) is 0 Å². The van der Waals surface area contributed by atoms with E-state index in [9.17, 15) is 43.2 Å². The molecule has 0 aromatic carbocycles. The molecule has 17 nitrogen and oxygen atoms in total. The minimum absolute atomic E-state index is 0.106. The third-order valence-electron chi connectivity index (χ3n) is 16.5. The lowest BCUT2D eigenvalue weighted by molar-refractivity contribution is -0.161. The van der Waals surface area contributed by atoms with Crippen LogP contribution < -0.4 is 0 Å². The summed E-state index contributed by atoms with van der Waals surface area (Å²) in [7, 11) is -9.90. The minimum Gasteiger partial charge on any atom is -0.462 e. The number of rotatable bonds is 70. The smallest absolute Gasteiger partial charge is 0.462 e. The number of ether oxygens (including phenoxy) is 4. The van der Waals surface area contributed by atoms with Crippen molar-refractivity contribution in [1.29, 1.82) is 0 Å². The minimum atomic E-state index is -4.95. The summed E-state index contributed by atoms with van der Waals surface area (Å²) in [4.78, 5) is 72.6. The van der Waals surface area contributed by atoms with Gasteiger partial charge in [-0.2, -0.15) is 0 Å². The van der Waals surface area contributed by atoms with Gasteiger partial charge in [0.2, 0.25) is 0 Å². The molecule has 2 unspecified atom stereocenters. The molecule has 0 aliphatic carbocycles. The lowest BCUT2D eigenvalue weighted by atomic mass is 10.0. The molecule has 0 radical (unpaired) electrons. The maximum atomic E-state index is 13.0. The summed E-state index contributed by atoms with van der Waals surface area (Å²) in [6.45, 7) is 9.51. The third-order valence-corrected chi connectivity index (χ3v) is 18.4. The number of carbonyl (C=O) groups is 4. The lowest BCUT2D eigenvalue weighted by Gasteiger charge is -2.21. The van der Waals surface area contributed by atoms with Crippen LogP contribution in [-0.4, -0.2) is 96.7 Å². The van der Waals surface area contributed by atoms with Crippen LogP contribution in [0.4, 0.5) is 0 Å². The predicted molar refractivity (Wildman–Crippen MR) is 363 cm³/mol. The number of hydrogen-bond donors (Lipinski definition) is 3. The van der Waals surface area contributed by atoms with Crippen LogP contribution in [0.1, 0.15) is 363 Å². The lowest BCUT2D eigenvalue weighted by Crippen LogP contribution is -2.30. The fraction of sp³-hybridized carbons (Fsp3) is 0.944. The highest BCUT2D eigenvalue weighted by Gasteiger charge is 2.30. The van der Waals surface area contributed by atoms with Crippen molar-refractivity contribution in [3.05, 3.63) is 0 Å². The van der Waals surface area contributed by atoms with Crippen molar-refractivity contribution >= 4 is 39.5 Å². The Morgan fingerprint density at radius 2 is 0.511 bits per heavy atom. The van der Waals surface area contributed by atoms with Crippen molar-refractivity contribution in [2.24, 2.45) is 11.8 Å². The van der Waals surface area contributed by atoms with E-state index in [-0.39, 0.29) is 25.7 Å². The van der Waals surface area contributed by atoms with Crippen LogP contribution in [0, 0.1) is 11.8 Å². The SMILES string of the molecule is CCCCCCCCCCCCCCCCC(=O)OC[C@H](COP(=O)(O)OC[C@@H](O)COP(=O)(O)OC[C@@H](COC(=O)CCCCCCCCCC(C)C)OC(=O)CCCCCCCCCCCCC)OC(=O)CCCCCCCCCCCCCCC(C)C. The maximum Gasteiger partial charge on any atom is 0.472 e. The first-order valence-electron chi connectivity index (χ1n) is 37.0. The van der Waals surface area contributed by atoms with E-state index in [0.29, 0.717) is 31.6 Å². The van der Waals surface area contributed by atoms with Crippen LogP contribution in [-0.2, 0) is 65.4 Å². The average Bonchev–Trinajstić information content (AvgIpc) is 2.88. The monoisotopic (exact) mass is 1320 g/mol. The molecule has 0 amide bonds. The Bertz CT molecular complexity index is 1750. The van der Waals surface area contributed by atoms with Gasteiger partial charge in [0.05, 0.1) is 26.4 Å². The third kappa shape index (κ3) is 64.8. The first-order chi connectivity index (χ1) is 43.4. The molecule has 19 heteroatoms. The summed E-state index contributed by atoms with van der Waals surface area (Å²) in [6, 6.07) is 0. The van der Waals surface area contributed by atoms with E-state index in [4.69, 9.17) is 37.0 Å². The summed E-state index contributed by atoms with van der Waals surface area (Å²) in [5.74, 6) is -0.640. The van der Waals surface area contributed by atoms with Crippen molar-refractivity contribution in [2.75, 3.05) is 39.6 Å². The Morgan fingerprint density at radius 1 is 0.300 bits per heavy atom. The van der Waals surface area contributed by atoms with Crippen molar-refractivity contribution in [2.45, 2.75) is 381 Å². The Balaban J connectivity index is 5.25. The Hall–Kier alpha value is -1.94. The van der Waals surface area contributed by atoms with E-state index >= 15 is 0 Å². The van der Waals surface area contributed by atoms with E-state index in [0.717, 1.165) is 102 Å². The number of carbonyl (C=O) groups excluding carboxylic acids is 4. The fourth-order valence-corrected chi connectivity index (χ4v) is 12.3. The van der Waals surface area contributed by atoms with Gasteiger partial charge < -0.3 is 33.8 Å². The molecule has 0 bridgehead atoms. The van der Waals surface area contributed by atoms with Crippen molar-refractivity contribution in [1.82, 2.24) is 0 Å². The van der Waals surface area contributed by atoms with Crippen LogP contribution in [0.15, 0.2) is 0 Å². The van der Waals surface area contributed by atoms with E-state index in [1.165, 1.54) is 173 Å². The molecule has 0 rings (SSSR count). The summed E-state index contributed by atoms with van der Waals surface area (Å²) in [5, 5.41) is 10.6. The number of phosphoric ester groups is 2. The highest BCUT2D eigenvalue weighted by atomic mass is 31.2. The second kappa shape index (κ2) is 63.1. The van der Waals surface area contributed by atoms with Crippen molar-refractivity contribution in [3.8, 4) is 0 Å². The van der Waals surface area contributed by atoms with Gasteiger partial charge in [-0.25, -0.2) is 9.13 Å². The molecule has 90 heavy (non-hydrogen) atoms. The molecule has 0 fully saturated rings. The standard InChI is InChI=1S/C71H138O17P2/c1-7-9-11-13-15-17-19-20-21-26-29-35-41-47-53-68(73)81-59-66(87-71(76)56-50-44-37-31-27-23-22-25-28-33-39-45-51-63(3)4)61-85-89(77,78)83-57-65(72)58-84-90(79,80)86-62-67(60-82-69(74)54-48-42-38-32-34-40-46-52-64(5)6)88-70(75)55-49-43-36-30-24-18-16-14-12-10-8-2/h63-67,72H,7-62H2,1-6H3,(H,77,78)(H,79,80)/t65-,66-,67-/m1/s1. The fourth-order valence-electron chi connectivity index (χ4n) is 10.8. The quantitative estimate of drug-likeness (QED) is 0.0222. The zero-order chi connectivity index (χ0) is 66.5. The Labute approximate surface area is 549 Å². The molecular formula is C71H138O17P2. The Morgan fingerprint density at radius 3 is 0.756 bits per heavy atom. The van der Waals surface area contributed by atoms with Gasteiger partial charge >= 0.3 is 39.5 Å². The molecule has 534 valence electrons. The van der Waals surface area contributed by atoms with Gasteiger partial charge in [-0.05, 0) is 37.5 Å². The van der Waals surface area contributed by atoms with Gasteiger partial charge in [-0.1, -0.05) is 311 Å². The topological polar surface area (TPSA) is 237 Å². The average molecular weight is 1330 g/mol. The molecule has 0 aromatic heterocycles. The van der Waals surface area contributed by atoms with E-state index in [2.05, 4.69) is 41.5 Å². The highest BCUT2D eigenvalue weighted by molar-refractivity contribution is 7.47. The molecule has 3 N–H and O–H groups in total. The molecule has 0 saturated heterocycles. The summed E-state index contributed by atoms with van der Waals surface area (Å²) < 4.78 is 68.3. The summed E-state index contributed by atoms with van der Waals surface area (Å²) in [5.41, 5.74) is 0. The van der Waals surface area contributed by atoms with Crippen LogP contribution in [0.2, 0.25) is 0 Å². The highest BCUT2D eigenvalue weighted by Crippen LogP contribution is 2.45. The summed E-state index contributed by atoms with van der Waals surface area (Å²) >= 11 is 0. The first kappa shape index (κ1) is 88.1. The molecule has 0 aromatic rings. The molecular weight excluding hydrogens is 1190 g/mol. The number of hydrogen-bond acceptors (Lipinski definition) is 15. The zero-order valence-corrected chi connectivity index (χ0v) is 60.2. The normalized spacial score (nSPS) is 14.1. The number of aliphatic hydroxyl groups excluding tert-OH is 1. The van der Waals surface area contributed by atoms with Gasteiger partial charge in [0, 0.05) is 25.7 Å².